The number of dihydropyridines is 1. The molecule has 0 aliphatic carbocycles. The summed E-state index contributed by atoms with van der Waals surface area (Å²) in [7, 11) is -8.77. The van der Waals surface area contributed by atoms with Gasteiger partial charge in [0.2, 0.25) is 9.84 Å². The van der Waals surface area contributed by atoms with Gasteiger partial charge in [-0.2, -0.15) is 0 Å². The van der Waals surface area contributed by atoms with Crippen LogP contribution in [0.2, 0.25) is 5.02 Å². The molecule has 0 saturated heterocycles. The molecule has 9 nitrogen and oxygen atoms in total. The zero-order valence-corrected chi connectivity index (χ0v) is 23.5. The Balaban J connectivity index is 1.87. The van der Waals surface area contributed by atoms with Gasteiger partial charge < -0.3 is 14.8 Å². The van der Waals surface area contributed by atoms with Crippen molar-refractivity contribution >= 4 is 43.2 Å². The second kappa shape index (κ2) is 10.7. The highest BCUT2D eigenvalue weighted by atomic mass is 35.5. The first-order valence-electron chi connectivity index (χ1n) is 11.8. The van der Waals surface area contributed by atoms with Gasteiger partial charge in [-0.25, -0.2) is 26.0 Å². The SMILES string of the molecule is CC1=C(C(=O)OCCOC(=O)C(C)C)C(c2c(F)cccc2Cl)C2=C(CS(=O)(=O)c3ccccc3S2(=O)=O)N1. The summed E-state index contributed by atoms with van der Waals surface area (Å²) in [6, 6.07) is 8.79. The number of fused-ring (bicyclic) bond motifs is 1. The maximum atomic E-state index is 15.4. The number of allylic oxidation sites excluding steroid dienone is 2. The van der Waals surface area contributed by atoms with Gasteiger partial charge in [-0.3, -0.25) is 4.79 Å². The number of rotatable bonds is 6. The van der Waals surface area contributed by atoms with Gasteiger partial charge in [0.05, 0.1) is 37.9 Å². The third-order valence-electron chi connectivity index (χ3n) is 6.23. The number of ether oxygens (including phenoxy) is 2. The fourth-order valence-corrected chi connectivity index (χ4v) is 8.79. The van der Waals surface area contributed by atoms with Crippen molar-refractivity contribution in [2.24, 2.45) is 5.92 Å². The van der Waals surface area contributed by atoms with Crippen LogP contribution in [0.25, 0.3) is 0 Å². The highest BCUT2D eigenvalue weighted by Crippen LogP contribution is 2.48. The van der Waals surface area contributed by atoms with E-state index >= 15 is 4.39 Å². The Bertz CT molecular complexity index is 1630. The van der Waals surface area contributed by atoms with E-state index in [2.05, 4.69) is 5.32 Å². The van der Waals surface area contributed by atoms with E-state index in [9.17, 15) is 26.4 Å². The fraction of sp³-hybridized carbons (Fsp3) is 0.308. The lowest BCUT2D eigenvalue weighted by Crippen LogP contribution is -2.34. The van der Waals surface area contributed by atoms with Gasteiger partial charge in [0.25, 0.3) is 0 Å². The minimum Gasteiger partial charge on any atom is -0.462 e. The number of carbonyl (C=O) groups excluding carboxylic acids is 2. The maximum Gasteiger partial charge on any atom is 0.336 e. The van der Waals surface area contributed by atoms with Crippen molar-refractivity contribution in [2.75, 3.05) is 19.0 Å². The zero-order valence-electron chi connectivity index (χ0n) is 21.2. The molecule has 1 atom stereocenters. The molecular formula is C26H25ClFNO8S2. The quantitative estimate of drug-likeness (QED) is 0.391. The van der Waals surface area contributed by atoms with Crippen molar-refractivity contribution in [2.45, 2.75) is 36.5 Å². The molecule has 0 saturated carbocycles. The number of esters is 2. The van der Waals surface area contributed by atoms with Crippen LogP contribution in [0.5, 0.6) is 0 Å². The molecule has 13 heteroatoms. The average Bonchev–Trinajstić information content (AvgIpc) is 2.91. The summed E-state index contributed by atoms with van der Waals surface area (Å²) in [5, 5.41) is 2.57. The Morgan fingerprint density at radius 2 is 1.67 bits per heavy atom. The molecule has 0 aromatic heterocycles. The van der Waals surface area contributed by atoms with Crippen molar-refractivity contribution in [3.05, 3.63) is 80.7 Å². The van der Waals surface area contributed by atoms with Crippen LogP contribution < -0.4 is 5.32 Å². The highest BCUT2D eigenvalue weighted by Gasteiger charge is 2.47. The fourth-order valence-electron chi connectivity index (χ4n) is 4.47. The van der Waals surface area contributed by atoms with Crippen molar-refractivity contribution in [3.63, 3.8) is 0 Å². The number of hydrogen-bond acceptors (Lipinski definition) is 9. The number of nitrogens with one attached hydrogen (secondary N) is 1. The van der Waals surface area contributed by atoms with Crippen LogP contribution in [0.4, 0.5) is 4.39 Å². The first-order chi connectivity index (χ1) is 18.3. The van der Waals surface area contributed by atoms with Gasteiger partial charge in [-0.1, -0.05) is 43.6 Å². The van der Waals surface area contributed by atoms with E-state index < -0.39 is 69.7 Å². The Labute approximate surface area is 230 Å². The summed E-state index contributed by atoms with van der Waals surface area (Å²) >= 11 is 6.36. The number of halogens is 2. The first kappa shape index (κ1) is 28.8. The highest BCUT2D eigenvalue weighted by molar-refractivity contribution is 7.97. The van der Waals surface area contributed by atoms with Crippen molar-refractivity contribution in [1.29, 1.82) is 0 Å². The Morgan fingerprint density at radius 1 is 1.03 bits per heavy atom. The van der Waals surface area contributed by atoms with Gasteiger partial charge in [-0.15, -0.1) is 0 Å². The summed E-state index contributed by atoms with van der Waals surface area (Å²) in [5.41, 5.74) is -0.781. The predicted molar refractivity (Wildman–Crippen MR) is 139 cm³/mol. The van der Waals surface area contributed by atoms with Crippen molar-refractivity contribution in [1.82, 2.24) is 5.32 Å². The molecule has 2 aliphatic rings. The molecule has 2 aliphatic heterocycles. The summed E-state index contributed by atoms with van der Waals surface area (Å²) in [5.74, 6) is -5.20. The lowest BCUT2D eigenvalue weighted by molar-refractivity contribution is -0.152. The van der Waals surface area contributed by atoms with Crippen LogP contribution in [0.3, 0.4) is 0 Å². The molecule has 2 heterocycles. The molecule has 0 bridgehead atoms. The van der Waals surface area contributed by atoms with Gasteiger partial charge in [0.15, 0.2) is 9.84 Å². The normalized spacial score (nSPS) is 19.5. The monoisotopic (exact) mass is 597 g/mol. The second-order valence-corrected chi connectivity index (χ2v) is 13.5. The van der Waals surface area contributed by atoms with Crippen LogP contribution in [0.1, 0.15) is 32.3 Å². The molecule has 0 spiro atoms. The van der Waals surface area contributed by atoms with Crippen LogP contribution in [-0.4, -0.2) is 47.7 Å². The number of hydrogen-bond donors (Lipinski definition) is 1. The number of sulfone groups is 2. The average molecular weight is 598 g/mol. The molecule has 4 rings (SSSR count). The zero-order chi connectivity index (χ0) is 28.7. The third-order valence-corrected chi connectivity index (χ3v) is 10.4. The third kappa shape index (κ3) is 5.32. The largest absolute Gasteiger partial charge is 0.462 e. The van der Waals surface area contributed by atoms with E-state index in [0.29, 0.717) is 0 Å². The standard InChI is InChI=1S/C26H25ClFNO8S2/c1-14(2)25(30)36-11-12-37-26(31)21-15(3)29-18-13-38(32,33)19-9-4-5-10-20(19)39(34,35)24(18)23(21)22-16(27)7-6-8-17(22)28/h4-10,14,23,29H,11-13H2,1-3H3. The molecule has 0 fully saturated rings. The lowest BCUT2D eigenvalue weighted by atomic mass is 9.86. The predicted octanol–water partition coefficient (Wildman–Crippen LogP) is 3.66. The topological polar surface area (TPSA) is 133 Å². The van der Waals surface area contributed by atoms with E-state index in [4.69, 9.17) is 21.1 Å². The van der Waals surface area contributed by atoms with Gasteiger partial charge >= 0.3 is 11.9 Å². The van der Waals surface area contributed by atoms with Crippen LogP contribution in [0.15, 0.2) is 74.1 Å². The molecule has 2 aromatic carbocycles. The first-order valence-corrected chi connectivity index (χ1v) is 15.3. The molecule has 0 amide bonds. The van der Waals surface area contributed by atoms with E-state index in [1.165, 1.54) is 37.3 Å². The molecule has 39 heavy (non-hydrogen) atoms. The number of benzene rings is 2. The Kier molecular flexibility index (Phi) is 7.93. The van der Waals surface area contributed by atoms with E-state index in [1.54, 1.807) is 13.8 Å². The molecule has 2 aromatic rings. The molecular weight excluding hydrogens is 573 g/mol. The molecule has 0 radical (unpaired) electrons. The van der Waals surface area contributed by atoms with Crippen molar-refractivity contribution < 1.29 is 40.3 Å². The maximum absolute atomic E-state index is 15.4. The Morgan fingerprint density at radius 3 is 2.31 bits per heavy atom. The summed E-state index contributed by atoms with van der Waals surface area (Å²) in [6.07, 6.45) is 0. The summed E-state index contributed by atoms with van der Waals surface area (Å²) < 4.78 is 80.2. The lowest BCUT2D eigenvalue weighted by Gasteiger charge is -2.31. The molecule has 1 N–H and O–H groups in total. The summed E-state index contributed by atoms with van der Waals surface area (Å²) in [4.78, 5) is 23.7. The van der Waals surface area contributed by atoms with Crippen LogP contribution >= 0.6 is 11.6 Å². The minimum absolute atomic E-state index is 0.0543. The van der Waals surface area contributed by atoms with E-state index in [-0.39, 0.29) is 40.8 Å². The van der Waals surface area contributed by atoms with Gasteiger partial charge in [0.1, 0.15) is 19.0 Å². The number of carbonyl (C=O) groups is 2. The van der Waals surface area contributed by atoms with Crippen LogP contribution in [0, 0.1) is 11.7 Å². The Hall–Kier alpha value is -3.22. The van der Waals surface area contributed by atoms with Gasteiger partial charge in [0, 0.05) is 22.0 Å². The van der Waals surface area contributed by atoms with Gasteiger partial charge in [-0.05, 0) is 31.2 Å². The van der Waals surface area contributed by atoms with E-state index in [0.717, 1.165) is 12.1 Å². The minimum atomic E-state index is -4.62. The molecule has 1 unspecified atom stereocenters. The van der Waals surface area contributed by atoms with E-state index in [1.807, 2.05) is 0 Å². The van der Waals surface area contributed by atoms with Crippen molar-refractivity contribution in [3.8, 4) is 0 Å². The smallest absolute Gasteiger partial charge is 0.336 e. The second-order valence-electron chi connectivity index (χ2n) is 9.24. The molecule has 208 valence electrons. The summed E-state index contributed by atoms with van der Waals surface area (Å²) in [6.45, 7) is 4.07. The van der Waals surface area contributed by atoms with Crippen LogP contribution in [-0.2, 0) is 38.7 Å².